The van der Waals surface area contributed by atoms with Crippen molar-refractivity contribution >= 4 is 5.91 Å². The Bertz CT molecular complexity index is 1110. The molecule has 1 amide bonds. The van der Waals surface area contributed by atoms with Crippen molar-refractivity contribution in [2.45, 2.75) is 58.4 Å². The number of hydrogen-bond acceptors (Lipinski definition) is 4. The van der Waals surface area contributed by atoms with E-state index in [4.69, 9.17) is 0 Å². The molecule has 7 nitrogen and oxygen atoms in total. The van der Waals surface area contributed by atoms with Crippen molar-refractivity contribution in [2.24, 2.45) is 7.05 Å². The highest BCUT2D eigenvalue weighted by Crippen LogP contribution is 2.23. The van der Waals surface area contributed by atoms with Gasteiger partial charge in [-0.1, -0.05) is 65.0 Å². The number of hydrogen-bond donors (Lipinski definition) is 2. The maximum atomic E-state index is 13.2. The summed E-state index contributed by atoms with van der Waals surface area (Å²) in [5.74, 6) is 0.526. The molecule has 0 saturated heterocycles. The van der Waals surface area contributed by atoms with Crippen molar-refractivity contribution in [3.63, 3.8) is 0 Å². The van der Waals surface area contributed by atoms with E-state index in [9.17, 15) is 9.59 Å². The Hall–Kier alpha value is -3.22. The van der Waals surface area contributed by atoms with Gasteiger partial charge in [-0.15, -0.1) is 0 Å². The molecule has 1 atom stereocenters. The fraction of sp³-hybridized carbons (Fsp3) is 0.417. The molecule has 0 saturated carbocycles. The van der Waals surface area contributed by atoms with Crippen molar-refractivity contribution in [3.8, 4) is 0 Å². The predicted molar refractivity (Wildman–Crippen MR) is 121 cm³/mol. The van der Waals surface area contributed by atoms with E-state index < -0.39 is 0 Å². The topological polar surface area (TPSA) is 92.7 Å². The van der Waals surface area contributed by atoms with E-state index in [0.29, 0.717) is 23.6 Å². The van der Waals surface area contributed by atoms with E-state index >= 15 is 0 Å². The lowest BCUT2D eigenvalue weighted by atomic mass is 9.92. The molecular formula is C24H31N5O2. The molecule has 2 heterocycles. The number of carbonyl (C=O) groups is 1. The summed E-state index contributed by atoms with van der Waals surface area (Å²) >= 11 is 0. The summed E-state index contributed by atoms with van der Waals surface area (Å²) < 4.78 is 1.61. The van der Waals surface area contributed by atoms with Gasteiger partial charge in [-0.25, -0.2) is 4.98 Å². The normalized spacial score (nSPS) is 12.7. The fourth-order valence-corrected chi connectivity index (χ4v) is 3.33. The minimum absolute atomic E-state index is 0.0997. The summed E-state index contributed by atoms with van der Waals surface area (Å²) in [6, 6.07) is 12.7. The van der Waals surface area contributed by atoms with Crippen LogP contribution >= 0.6 is 0 Å². The van der Waals surface area contributed by atoms with Gasteiger partial charge in [0.2, 0.25) is 0 Å². The van der Waals surface area contributed by atoms with Crippen LogP contribution in [0.3, 0.4) is 0 Å². The zero-order valence-corrected chi connectivity index (χ0v) is 19.1. The third kappa shape index (κ3) is 5.48. The molecular weight excluding hydrogens is 390 g/mol. The van der Waals surface area contributed by atoms with E-state index in [1.54, 1.807) is 11.7 Å². The molecule has 3 rings (SSSR count). The smallest absolute Gasteiger partial charge is 0.270 e. The van der Waals surface area contributed by atoms with Crippen molar-refractivity contribution in [1.82, 2.24) is 25.1 Å². The van der Waals surface area contributed by atoms with E-state index in [-0.39, 0.29) is 28.8 Å². The van der Waals surface area contributed by atoms with E-state index in [1.165, 1.54) is 6.07 Å². The Labute approximate surface area is 182 Å². The van der Waals surface area contributed by atoms with Crippen molar-refractivity contribution < 1.29 is 4.79 Å². The third-order valence-electron chi connectivity index (χ3n) is 5.16. The van der Waals surface area contributed by atoms with Gasteiger partial charge in [0.25, 0.3) is 11.5 Å². The van der Waals surface area contributed by atoms with Crippen molar-refractivity contribution in [2.75, 3.05) is 0 Å². The van der Waals surface area contributed by atoms with Gasteiger partial charge in [-0.3, -0.25) is 14.3 Å². The molecule has 2 N–H and O–H groups in total. The minimum atomic E-state index is -0.337. The lowest BCUT2D eigenvalue weighted by Crippen LogP contribution is -2.32. The number of nitrogens with one attached hydrogen (secondary N) is 2. The fourth-order valence-electron chi connectivity index (χ4n) is 3.33. The highest BCUT2D eigenvalue weighted by Gasteiger charge is 2.24. The van der Waals surface area contributed by atoms with Gasteiger partial charge >= 0.3 is 0 Å². The first-order chi connectivity index (χ1) is 14.5. The number of aromatic amines is 1. The molecule has 0 radical (unpaired) electrons. The second-order valence-electron chi connectivity index (χ2n) is 9.21. The number of benzene rings is 1. The van der Waals surface area contributed by atoms with Gasteiger partial charge in [0.15, 0.2) is 0 Å². The molecule has 2 aromatic heterocycles. The Morgan fingerprint density at radius 3 is 2.42 bits per heavy atom. The summed E-state index contributed by atoms with van der Waals surface area (Å²) in [5.41, 5.74) is 2.59. The number of rotatable bonds is 6. The highest BCUT2D eigenvalue weighted by molar-refractivity contribution is 5.93. The average molecular weight is 422 g/mol. The van der Waals surface area contributed by atoms with Gasteiger partial charge in [0.1, 0.15) is 11.5 Å². The van der Waals surface area contributed by atoms with Crippen LogP contribution in [0.4, 0.5) is 0 Å². The highest BCUT2D eigenvalue weighted by atomic mass is 16.2. The Morgan fingerprint density at radius 1 is 1.16 bits per heavy atom. The number of H-pyrrole nitrogens is 1. The molecule has 0 bridgehead atoms. The van der Waals surface area contributed by atoms with Crippen LogP contribution in [0, 0.1) is 0 Å². The first-order valence-electron chi connectivity index (χ1n) is 10.5. The molecule has 164 valence electrons. The van der Waals surface area contributed by atoms with Crippen LogP contribution in [0.2, 0.25) is 0 Å². The Kier molecular flexibility index (Phi) is 6.43. The third-order valence-corrected chi connectivity index (χ3v) is 5.16. The lowest BCUT2D eigenvalue weighted by Gasteiger charge is -2.19. The molecule has 0 aliphatic rings. The zero-order valence-electron chi connectivity index (χ0n) is 19.1. The van der Waals surface area contributed by atoms with Gasteiger partial charge in [-0.05, 0) is 11.6 Å². The van der Waals surface area contributed by atoms with Crippen LogP contribution in [0.15, 0.2) is 47.3 Å². The van der Waals surface area contributed by atoms with Gasteiger partial charge in [-0.2, -0.15) is 5.10 Å². The SMILES string of the molecule is CC(C)c1nc(CC(NC(=O)c2cc(C(C)(C)C)nn2C)c2ccccc2)cc(=O)[nH]1. The molecule has 31 heavy (non-hydrogen) atoms. The number of aryl methyl sites for hydroxylation is 1. The standard InChI is InChI=1S/C24H31N5O2/c1-15(2)22-25-17(13-21(30)27-22)12-18(16-10-8-7-9-11-16)26-23(31)19-14-20(24(3,4)5)28-29(19)6/h7-11,13-15,18H,12H2,1-6H3,(H,26,31)(H,25,27,30). The van der Waals surface area contributed by atoms with Crippen LogP contribution in [0.5, 0.6) is 0 Å². The summed E-state index contributed by atoms with van der Waals surface area (Å²) in [6.45, 7) is 10.2. The molecule has 1 aromatic carbocycles. The monoisotopic (exact) mass is 421 g/mol. The van der Waals surface area contributed by atoms with Crippen LogP contribution < -0.4 is 10.9 Å². The first-order valence-corrected chi connectivity index (χ1v) is 10.5. The summed E-state index contributed by atoms with van der Waals surface area (Å²) in [4.78, 5) is 32.7. The quantitative estimate of drug-likeness (QED) is 0.636. The van der Waals surface area contributed by atoms with Crippen LogP contribution in [0.25, 0.3) is 0 Å². The predicted octanol–water partition coefficient (Wildman–Crippen LogP) is 3.64. The number of amides is 1. The van der Waals surface area contributed by atoms with Gasteiger partial charge < -0.3 is 10.3 Å². The number of nitrogens with zero attached hydrogens (tertiary/aromatic N) is 3. The molecule has 1 unspecified atom stereocenters. The Morgan fingerprint density at radius 2 is 1.84 bits per heavy atom. The van der Waals surface area contributed by atoms with Crippen LogP contribution in [0.1, 0.15) is 79.8 Å². The molecule has 0 aliphatic carbocycles. The minimum Gasteiger partial charge on any atom is -0.344 e. The van der Waals surface area contributed by atoms with E-state index in [2.05, 4.69) is 41.2 Å². The van der Waals surface area contributed by atoms with Gasteiger partial charge in [0.05, 0.1) is 17.4 Å². The maximum absolute atomic E-state index is 13.2. The number of aromatic nitrogens is 4. The van der Waals surface area contributed by atoms with Crippen molar-refractivity contribution in [3.05, 3.63) is 81.3 Å². The molecule has 7 heteroatoms. The van der Waals surface area contributed by atoms with E-state index in [0.717, 1.165) is 11.3 Å². The largest absolute Gasteiger partial charge is 0.344 e. The average Bonchev–Trinajstić information content (AvgIpc) is 3.10. The summed E-state index contributed by atoms with van der Waals surface area (Å²) in [7, 11) is 1.77. The molecule has 0 aliphatic heterocycles. The maximum Gasteiger partial charge on any atom is 0.270 e. The van der Waals surface area contributed by atoms with Crippen molar-refractivity contribution in [1.29, 1.82) is 0 Å². The number of carbonyl (C=O) groups excluding carboxylic acids is 1. The second kappa shape index (κ2) is 8.88. The summed E-state index contributed by atoms with van der Waals surface area (Å²) in [5, 5.41) is 7.63. The molecule has 3 aromatic rings. The van der Waals surface area contributed by atoms with Crippen LogP contribution in [-0.2, 0) is 18.9 Å². The van der Waals surface area contributed by atoms with Crippen LogP contribution in [-0.4, -0.2) is 25.7 Å². The lowest BCUT2D eigenvalue weighted by molar-refractivity contribution is 0.0926. The zero-order chi connectivity index (χ0) is 22.8. The first kappa shape index (κ1) is 22.5. The Balaban J connectivity index is 1.92. The van der Waals surface area contributed by atoms with E-state index in [1.807, 2.05) is 50.2 Å². The van der Waals surface area contributed by atoms with Gasteiger partial charge in [0, 0.05) is 30.9 Å². The summed E-state index contributed by atoms with van der Waals surface area (Å²) in [6.07, 6.45) is 0.406. The molecule has 0 spiro atoms. The second-order valence-corrected chi connectivity index (χ2v) is 9.21. The molecule has 0 fully saturated rings.